The van der Waals surface area contributed by atoms with Crippen LogP contribution in [0, 0.1) is 6.92 Å². The lowest BCUT2D eigenvalue weighted by molar-refractivity contribution is -0.465. The Labute approximate surface area is 136 Å². The van der Waals surface area contributed by atoms with Crippen molar-refractivity contribution in [1.29, 1.82) is 0 Å². The highest BCUT2D eigenvalue weighted by molar-refractivity contribution is 7.90. The second kappa shape index (κ2) is 6.50. The fourth-order valence-corrected chi connectivity index (χ4v) is 3.21. The third kappa shape index (κ3) is 3.87. The van der Waals surface area contributed by atoms with Crippen molar-refractivity contribution in [2.45, 2.75) is 11.8 Å². The molecule has 22 heavy (non-hydrogen) atoms. The molecule has 2 rings (SSSR count). The minimum Gasteiger partial charge on any atom is -0.266 e. The Hall–Kier alpha value is -1.85. The molecule has 2 aromatic carbocycles. The van der Waals surface area contributed by atoms with E-state index in [1.165, 1.54) is 0 Å². The van der Waals surface area contributed by atoms with Crippen LogP contribution in [0.5, 0.6) is 0 Å². The average Bonchev–Trinajstić information content (AvgIpc) is 2.46. The van der Waals surface area contributed by atoms with Gasteiger partial charge in [-0.2, -0.15) is 13.1 Å². The summed E-state index contributed by atoms with van der Waals surface area (Å²) in [5.74, 6) is 0.484. The van der Waals surface area contributed by atoms with Gasteiger partial charge in [0.05, 0.1) is 19.7 Å². The standard InChI is InChI=1S/C16H17ClN2O2S/c1-12-4-10-15(11-5-12)22(20,21)18-16(19(2)3)13-6-8-14(17)9-7-13/h4-11H,1-3H3/p+1. The number of nitrogens with zero attached hydrogens (tertiary/aromatic N) is 1. The largest absolute Gasteiger partial charge is 0.328 e. The summed E-state index contributed by atoms with van der Waals surface area (Å²) in [6.45, 7) is 1.91. The Morgan fingerprint density at radius 2 is 1.55 bits per heavy atom. The lowest BCUT2D eigenvalue weighted by Gasteiger charge is -2.08. The third-order valence-electron chi connectivity index (χ3n) is 3.13. The van der Waals surface area contributed by atoms with E-state index in [-0.39, 0.29) is 4.90 Å². The number of aryl methyl sites for hydroxylation is 1. The van der Waals surface area contributed by atoms with E-state index in [2.05, 4.69) is 4.72 Å². The van der Waals surface area contributed by atoms with Crippen molar-refractivity contribution in [3.05, 3.63) is 64.7 Å². The Morgan fingerprint density at radius 3 is 2.05 bits per heavy atom. The van der Waals surface area contributed by atoms with Gasteiger partial charge in [0.1, 0.15) is 4.90 Å². The van der Waals surface area contributed by atoms with Gasteiger partial charge >= 0.3 is 10.0 Å². The van der Waals surface area contributed by atoms with Crippen molar-refractivity contribution in [3.63, 3.8) is 0 Å². The van der Waals surface area contributed by atoms with Crippen molar-refractivity contribution in [2.75, 3.05) is 14.1 Å². The zero-order valence-electron chi connectivity index (χ0n) is 12.7. The molecule has 6 heteroatoms. The van der Waals surface area contributed by atoms with Crippen LogP contribution in [0.4, 0.5) is 0 Å². The van der Waals surface area contributed by atoms with E-state index in [0.717, 1.165) is 11.1 Å². The van der Waals surface area contributed by atoms with Crippen LogP contribution in [0.2, 0.25) is 5.02 Å². The van der Waals surface area contributed by atoms with Gasteiger partial charge in [-0.3, -0.25) is 4.58 Å². The Kier molecular flexibility index (Phi) is 4.88. The summed E-state index contributed by atoms with van der Waals surface area (Å²) in [7, 11) is -0.0825. The maximum atomic E-state index is 12.5. The minimum absolute atomic E-state index is 0.228. The van der Waals surface area contributed by atoms with Crippen molar-refractivity contribution in [3.8, 4) is 0 Å². The molecule has 116 valence electrons. The van der Waals surface area contributed by atoms with Crippen molar-refractivity contribution in [2.24, 2.45) is 0 Å². The molecule has 0 bridgehead atoms. The number of amidine groups is 1. The van der Waals surface area contributed by atoms with Gasteiger partial charge < -0.3 is 0 Å². The normalized spacial score (nSPS) is 11.1. The third-order valence-corrected chi connectivity index (χ3v) is 4.73. The number of nitrogens with one attached hydrogen (secondary N) is 1. The molecule has 1 N–H and O–H groups in total. The predicted octanol–water partition coefficient (Wildman–Crippen LogP) is 2.65. The highest BCUT2D eigenvalue weighted by Crippen LogP contribution is 2.13. The van der Waals surface area contributed by atoms with Crippen LogP contribution in [-0.4, -0.2) is 32.9 Å². The Bertz CT molecular complexity index is 791. The van der Waals surface area contributed by atoms with E-state index >= 15 is 0 Å². The van der Waals surface area contributed by atoms with E-state index in [1.54, 1.807) is 67.2 Å². The molecule has 0 aromatic heterocycles. The van der Waals surface area contributed by atoms with Crippen LogP contribution < -0.4 is 4.72 Å². The molecule has 0 aliphatic carbocycles. The molecule has 0 aliphatic rings. The van der Waals surface area contributed by atoms with Gasteiger partial charge in [-0.25, -0.2) is 0 Å². The van der Waals surface area contributed by atoms with Crippen LogP contribution in [0.15, 0.2) is 53.4 Å². The summed E-state index contributed by atoms with van der Waals surface area (Å²) < 4.78 is 29.4. The van der Waals surface area contributed by atoms with Gasteiger partial charge in [0.15, 0.2) is 0 Å². The molecule has 0 atom stereocenters. The highest BCUT2D eigenvalue weighted by atomic mass is 35.5. The second-order valence-corrected chi connectivity index (χ2v) is 7.29. The van der Waals surface area contributed by atoms with Crippen LogP contribution in [0.3, 0.4) is 0 Å². The smallest absolute Gasteiger partial charge is 0.266 e. The number of hydrogen-bond acceptors (Lipinski definition) is 2. The van der Waals surface area contributed by atoms with E-state index in [0.29, 0.717) is 10.9 Å². The summed E-state index contributed by atoms with van der Waals surface area (Å²) >= 11 is 5.88. The number of sulfonamides is 1. The molecule has 0 radical (unpaired) electrons. The quantitative estimate of drug-likeness (QED) is 0.532. The molecule has 4 nitrogen and oxygen atoms in total. The predicted molar refractivity (Wildman–Crippen MR) is 89.2 cm³/mol. The van der Waals surface area contributed by atoms with Crippen molar-refractivity contribution < 1.29 is 13.0 Å². The van der Waals surface area contributed by atoms with Crippen molar-refractivity contribution in [1.82, 2.24) is 4.72 Å². The van der Waals surface area contributed by atoms with Gasteiger partial charge in [-0.1, -0.05) is 29.3 Å². The fourth-order valence-electron chi connectivity index (χ4n) is 1.92. The molecule has 0 amide bonds. The van der Waals surface area contributed by atoms with Crippen LogP contribution in [0.1, 0.15) is 11.1 Å². The zero-order valence-corrected chi connectivity index (χ0v) is 14.2. The Balaban J connectivity index is 2.38. The number of halogens is 1. The van der Waals surface area contributed by atoms with E-state index in [1.807, 2.05) is 6.92 Å². The van der Waals surface area contributed by atoms with E-state index in [4.69, 9.17) is 11.6 Å². The summed E-state index contributed by atoms with van der Waals surface area (Å²) in [4.78, 5) is 0.228. The molecule has 0 fully saturated rings. The van der Waals surface area contributed by atoms with Crippen molar-refractivity contribution >= 4 is 27.5 Å². The maximum absolute atomic E-state index is 12.5. The summed E-state index contributed by atoms with van der Waals surface area (Å²) in [6, 6.07) is 13.7. The lowest BCUT2D eigenvalue weighted by Crippen LogP contribution is -2.36. The van der Waals surface area contributed by atoms with Crippen LogP contribution >= 0.6 is 11.6 Å². The van der Waals surface area contributed by atoms with Gasteiger partial charge in [-0.05, 0) is 43.3 Å². The number of rotatable bonds is 3. The SMILES string of the molecule is Cc1ccc(S(=O)(=O)NC(c2ccc(Cl)cc2)=[N+](C)C)cc1. The summed E-state index contributed by atoms with van der Waals surface area (Å²) in [5.41, 5.74) is 1.75. The van der Waals surface area contributed by atoms with Gasteiger partial charge in [-0.15, -0.1) is 0 Å². The highest BCUT2D eigenvalue weighted by Gasteiger charge is 2.24. The first kappa shape index (κ1) is 16.5. The second-order valence-electron chi connectivity index (χ2n) is 5.17. The van der Waals surface area contributed by atoms with Gasteiger partial charge in [0, 0.05) is 5.02 Å². The molecular weight excluding hydrogens is 320 g/mol. The Morgan fingerprint density at radius 1 is 1.00 bits per heavy atom. The summed E-state index contributed by atoms with van der Waals surface area (Å²) in [5, 5.41) is 0.600. The zero-order chi connectivity index (χ0) is 16.3. The molecule has 0 saturated carbocycles. The lowest BCUT2D eigenvalue weighted by atomic mass is 10.2. The molecule has 0 aliphatic heterocycles. The molecular formula is C16H18ClN2O2S+. The molecule has 2 aromatic rings. The number of hydrogen-bond donors (Lipinski definition) is 1. The summed E-state index contributed by atoms with van der Waals surface area (Å²) in [6.07, 6.45) is 0. The fraction of sp³-hybridized carbons (Fsp3) is 0.188. The maximum Gasteiger partial charge on any atom is 0.328 e. The molecule has 0 unspecified atom stereocenters. The molecule has 0 spiro atoms. The first-order valence-corrected chi connectivity index (χ1v) is 8.55. The first-order chi connectivity index (χ1) is 10.3. The minimum atomic E-state index is -3.64. The topological polar surface area (TPSA) is 49.2 Å². The molecule has 0 heterocycles. The van der Waals surface area contributed by atoms with Crippen LogP contribution in [0.25, 0.3) is 0 Å². The van der Waals surface area contributed by atoms with Gasteiger partial charge in [0.2, 0.25) is 0 Å². The average molecular weight is 338 g/mol. The monoisotopic (exact) mass is 337 g/mol. The first-order valence-electron chi connectivity index (χ1n) is 6.69. The number of benzene rings is 2. The van der Waals surface area contributed by atoms with E-state index in [9.17, 15) is 8.42 Å². The van der Waals surface area contributed by atoms with Crippen LogP contribution in [-0.2, 0) is 10.0 Å². The van der Waals surface area contributed by atoms with Gasteiger partial charge in [0.25, 0.3) is 5.84 Å². The van der Waals surface area contributed by atoms with E-state index < -0.39 is 10.0 Å². The molecule has 0 saturated heterocycles.